The average Bonchev–Trinajstić information content (AvgIpc) is 2.26. The monoisotopic (exact) mass is 214 g/mol. The maximum absolute atomic E-state index is 10.7. The van der Waals surface area contributed by atoms with Crippen molar-refractivity contribution in [3.63, 3.8) is 0 Å². The number of aliphatic carboxylic acids is 1. The lowest BCUT2D eigenvalue weighted by Gasteiger charge is -2.37. The molecule has 0 aromatic rings. The molecular weight excluding hydrogens is 192 g/mol. The molecule has 1 aliphatic rings. The van der Waals surface area contributed by atoms with E-state index in [1.54, 1.807) is 0 Å². The minimum atomic E-state index is -0.713. The quantitative estimate of drug-likeness (QED) is 0.738. The molecule has 0 bridgehead atoms. The van der Waals surface area contributed by atoms with Gasteiger partial charge >= 0.3 is 5.97 Å². The van der Waals surface area contributed by atoms with Gasteiger partial charge in [-0.1, -0.05) is 13.8 Å². The van der Waals surface area contributed by atoms with Crippen LogP contribution in [0.5, 0.6) is 0 Å². The molecule has 0 aromatic heterocycles. The average molecular weight is 214 g/mol. The van der Waals surface area contributed by atoms with Crippen molar-refractivity contribution >= 4 is 5.97 Å². The minimum absolute atomic E-state index is 0.188. The first-order valence-electron chi connectivity index (χ1n) is 5.85. The third-order valence-corrected chi connectivity index (χ3v) is 3.27. The summed E-state index contributed by atoms with van der Waals surface area (Å²) < 4.78 is 0. The van der Waals surface area contributed by atoms with Gasteiger partial charge in [0.25, 0.3) is 0 Å². The maximum atomic E-state index is 10.7. The topological polar surface area (TPSA) is 43.8 Å². The zero-order valence-corrected chi connectivity index (χ0v) is 9.78. The number of carboxylic acids is 1. The van der Waals surface area contributed by atoms with E-state index in [-0.39, 0.29) is 6.54 Å². The van der Waals surface area contributed by atoms with E-state index < -0.39 is 5.97 Å². The lowest BCUT2D eigenvalue weighted by Crippen LogP contribution is -2.46. The van der Waals surface area contributed by atoms with Crippen molar-refractivity contribution in [1.29, 1.82) is 0 Å². The van der Waals surface area contributed by atoms with Gasteiger partial charge in [-0.3, -0.25) is 9.69 Å². The predicted molar refractivity (Wildman–Crippen MR) is 60.0 cm³/mol. The van der Waals surface area contributed by atoms with Crippen LogP contribution >= 0.6 is 0 Å². The van der Waals surface area contributed by atoms with Crippen molar-refractivity contribution in [2.75, 3.05) is 32.7 Å². The van der Waals surface area contributed by atoms with E-state index >= 15 is 0 Å². The van der Waals surface area contributed by atoms with Gasteiger partial charge < -0.3 is 10.0 Å². The molecule has 0 aliphatic carbocycles. The predicted octanol–water partition coefficient (Wildman–Crippen LogP) is 0.877. The lowest BCUT2D eigenvalue weighted by atomic mass is 10.0. The SMILES string of the molecule is CCN1CCC(N(CC)CC(=O)O)CC1. The highest BCUT2D eigenvalue weighted by Gasteiger charge is 2.23. The van der Waals surface area contributed by atoms with E-state index in [0.29, 0.717) is 6.04 Å². The third-order valence-electron chi connectivity index (χ3n) is 3.27. The van der Waals surface area contributed by atoms with Crippen LogP contribution in [0.4, 0.5) is 0 Å². The standard InChI is InChI=1S/C11H22N2O2/c1-3-12-7-5-10(6-8-12)13(4-2)9-11(14)15/h10H,3-9H2,1-2H3,(H,14,15). The van der Waals surface area contributed by atoms with Gasteiger partial charge in [-0.25, -0.2) is 0 Å². The summed E-state index contributed by atoms with van der Waals surface area (Å²) in [6, 6.07) is 0.467. The number of hydrogen-bond donors (Lipinski definition) is 1. The highest BCUT2D eigenvalue weighted by molar-refractivity contribution is 5.69. The Morgan fingerprint density at radius 2 is 2.00 bits per heavy atom. The Bertz CT molecular complexity index is 201. The van der Waals surface area contributed by atoms with Crippen LogP contribution in [0.1, 0.15) is 26.7 Å². The summed E-state index contributed by atoms with van der Waals surface area (Å²) >= 11 is 0. The summed E-state index contributed by atoms with van der Waals surface area (Å²) in [6.07, 6.45) is 2.21. The number of piperidine rings is 1. The molecule has 0 spiro atoms. The molecule has 0 saturated carbocycles. The van der Waals surface area contributed by atoms with Crippen molar-refractivity contribution in [3.8, 4) is 0 Å². The zero-order valence-electron chi connectivity index (χ0n) is 9.78. The fourth-order valence-corrected chi connectivity index (χ4v) is 2.27. The molecule has 0 amide bonds. The number of nitrogens with zero attached hydrogens (tertiary/aromatic N) is 2. The molecule has 4 heteroatoms. The van der Waals surface area contributed by atoms with Crippen LogP contribution in [0, 0.1) is 0 Å². The van der Waals surface area contributed by atoms with Crippen LogP contribution in [0.25, 0.3) is 0 Å². The Hall–Kier alpha value is -0.610. The number of hydrogen-bond acceptors (Lipinski definition) is 3. The molecule has 1 rings (SSSR count). The fourth-order valence-electron chi connectivity index (χ4n) is 2.27. The molecule has 1 fully saturated rings. The van der Waals surface area contributed by atoms with E-state index in [9.17, 15) is 4.79 Å². The third kappa shape index (κ3) is 3.80. The van der Waals surface area contributed by atoms with Gasteiger partial charge in [0, 0.05) is 6.04 Å². The second kappa shape index (κ2) is 6.08. The first-order chi connectivity index (χ1) is 7.17. The van der Waals surface area contributed by atoms with Crippen molar-refractivity contribution in [2.24, 2.45) is 0 Å². The summed E-state index contributed by atoms with van der Waals surface area (Å²) in [4.78, 5) is 15.2. The second-order valence-electron chi connectivity index (χ2n) is 4.12. The van der Waals surface area contributed by atoms with E-state index in [1.165, 1.54) is 0 Å². The van der Waals surface area contributed by atoms with Gasteiger partial charge in [-0.05, 0) is 39.0 Å². The Morgan fingerprint density at radius 1 is 1.40 bits per heavy atom. The number of carboxylic acid groups (broad SMARTS) is 1. The van der Waals surface area contributed by atoms with Gasteiger partial charge in [0.05, 0.1) is 6.54 Å². The maximum Gasteiger partial charge on any atom is 0.317 e. The van der Waals surface area contributed by atoms with E-state index in [2.05, 4.69) is 16.7 Å². The summed E-state index contributed by atoms with van der Waals surface area (Å²) in [5.41, 5.74) is 0. The summed E-state index contributed by atoms with van der Waals surface area (Å²) in [6.45, 7) is 8.56. The largest absolute Gasteiger partial charge is 0.480 e. The molecule has 4 nitrogen and oxygen atoms in total. The minimum Gasteiger partial charge on any atom is -0.480 e. The Labute approximate surface area is 91.9 Å². The molecule has 0 unspecified atom stereocenters. The first-order valence-corrected chi connectivity index (χ1v) is 5.85. The number of likely N-dealkylation sites (tertiary alicyclic amines) is 1. The summed E-state index contributed by atoms with van der Waals surface area (Å²) in [7, 11) is 0. The molecule has 0 radical (unpaired) electrons. The zero-order chi connectivity index (χ0) is 11.3. The first kappa shape index (κ1) is 12.5. The van der Waals surface area contributed by atoms with E-state index in [1.807, 2.05) is 6.92 Å². The lowest BCUT2D eigenvalue weighted by molar-refractivity contribution is -0.139. The van der Waals surface area contributed by atoms with Gasteiger partial charge in [-0.15, -0.1) is 0 Å². The van der Waals surface area contributed by atoms with Crippen molar-refractivity contribution in [2.45, 2.75) is 32.7 Å². The molecule has 88 valence electrons. The molecule has 1 N–H and O–H groups in total. The Kier molecular flexibility index (Phi) is 5.05. The number of carbonyl (C=O) groups is 1. The molecule has 1 heterocycles. The molecule has 15 heavy (non-hydrogen) atoms. The van der Waals surface area contributed by atoms with Crippen LogP contribution in [-0.2, 0) is 4.79 Å². The number of likely N-dealkylation sites (N-methyl/N-ethyl adjacent to an activating group) is 1. The summed E-state index contributed by atoms with van der Waals surface area (Å²) in [5.74, 6) is -0.713. The van der Waals surface area contributed by atoms with Crippen molar-refractivity contribution < 1.29 is 9.90 Å². The highest BCUT2D eigenvalue weighted by atomic mass is 16.4. The van der Waals surface area contributed by atoms with Gasteiger partial charge in [0.2, 0.25) is 0 Å². The molecule has 0 aromatic carbocycles. The summed E-state index contributed by atoms with van der Waals surface area (Å²) in [5, 5.41) is 8.79. The van der Waals surface area contributed by atoms with E-state index in [0.717, 1.165) is 39.0 Å². The second-order valence-corrected chi connectivity index (χ2v) is 4.12. The molecule has 0 atom stereocenters. The van der Waals surface area contributed by atoms with Crippen LogP contribution in [0.15, 0.2) is 0 Å². The van der Waals surface area contributed by atoms with E-state index in [4.69, 9.17) is 5.11 Å². The van der Waals surface area contributed by atoms with Crippen molar-refractivity contribution in [1.82, 2.24) is 9.80 Å². The van der Waals surface area contributed by atoms with Gasteiger partial charge in [0.1, 0.15) is 0 Å². The van der Waals surface area contributed by atoms with Crippen LogP contribution < -0.4 is 0 Å². The fraction of sp³-hybridized carbons (Fsp3) is 0.909. The van der Waals surface area contributed by atoms with Crippen LogP contribution in [0.2, 0.25) is 0 Å². The highest BCUT2D eigenvalue weighted by Crippen LogP contribution is 2.15. The van der Waals surface area contributed by atoms with Gasteiger partial charge in [0.15, 0.2) is 0 Å². The Morgan fingerprint density at radius 3 is 2.40 bits per heavy atom. The Balaban J connectivity index is 2.39. The van der Waals surface area contributed by atoms with Crippen LogP contribution in [-0.4, -0.2) is 59.6 Å². The molecule has 1 aliphatic heterocycles. The van der Waals surface area contributed by atoms with Crippen LogP contribution in [0.3, 0.4) is 0 Å². The smallest absolute Gasteiger partial charge is 0.317 e. The normalized spacial score (nSPS) is 19.7. The van der Waals surface area contributed by atoms with Gasteiger partial charge in [-0.2, -0.15) is 0 Å². The molecule has 1 saturated heterocycles. The van der Waals surface area contributed by atoms with Crippen molar-refractivity contribution in [3.05, 3.63) is 0 Å². The number of rotatable bonds is 5. The molecular formula is C11H22N2O2.